The first kappa shape index (κ1) is 37.7. The molecule has 3 heteroatoms. The second kappa shape index (κ2) is 15.5. The van der Waals surface area contributed by atoms with E-state index in [1.54, 1.807) is 0 Å². The highest BCUT2D eigenvalue weighted by atomic mass is 14.9. The van der Waals surface area contributed by atoms with Gasteiger partial charge in [0, 0.05) is 33.0 Å². The van der Waals surface area contributed by atoms with E-state index in [1.165, 1.54) is 65.2 Å². The summed E-state index contributed by atoms with van der Waals surface area (Å²) in [6, 6.07) is 84.8. The van der Waals surface area contributed by atoms with Gasteiger partial charge in [-0.3, -0.25) is 0 Å². The minimum absolute atomic E-state index is 0.677. The fourth-order valence-corrected chi connectivity index (χ4v) is 10.1. The first-order valence-electron chi connectivity index (χ1n) is 22.5. The van der Waals surface area contributed by atoms with Crippen LogP contribution in [0.5, 0.6) is 0 Å². The van der Waals surface area contributed by atoms with Crippen molar-refractivity contribution < 1.29 is 0 Å². The molecule has 2 aromatic heterocycles. The van der Waals surface area contributed by atoms with Crippen LogP contribution in [0.4, 0.5) is 0 Å². The van der Waals surface area contributed by atoms with Crippen LogP contribution in [-0.2, 0) is 0 Å². The van der Waals surface area contributed by atoms with Crippen molar-refractivity contribution in [3.8, 4) is 67.4 Å². The summed E-state index contributed by atoms with van der Waals surface area (Å²) >= 11 is 0. The van der Waals surface area contributed by atoms with Crippen LogP contribution in [0.15, 0.2) is 237 Å². The summed E-state index contributed by atoms with van der Waals surface area (Å²) in [5.74, 6) is 0.677. The summed E-state index contributed by atoms with van der Waals surface area (Å²) < 4.78 is 0. The third kappa shape index (κ3) is 6.32. The SMILES string of the molecule is c1ccc(-c2cc(-c3ccccc3)nc(-c3ccc(-c4cc(-c5cc6ccccc6c6ccccc56)c5cc(-c6cc7ccccc7c7ccccc67)c6ccccc6c5n4)cc3)n2)cc1. The molecule has 3 nitrogen and oxygen atoms in total. The molecule has 0 radical (unpaired) electrons. The van der Waals surface area contributed by atoms with Crippen molar-refractivity contribution >= 4 is 64.8 Å². The molecule has 0 saturated heterocycles. The minimum atomic E-state index is 0.677. The fraction of sp³-hybridized carbons (Fsp3) is 0. The zero-order valence-corrected chi connectivity index (χ0v) is 35.9. The molecule has 0 spiro atoms. The predicted molar refractivity (Wildman–Crippen MR) is 277 cm³/mol. The van der Waals surface area contributed by atoms with Crippen LogP contribution in [0.2, 0.25) is 0 Å². The number of aromatic nitrogens is 3. The second-order valence-electron chi connectivity index (χ2n) is 17.1. The molecule has 0 unspecified atom stereocenters. The Morgan fingerprint density at radius 1 is 0.212 bits per heavy atom. The third-order valence-electron chi connectivity index (χ3n) is 13.2. The van der Waals surface area contributed by atoms with Gasteiger partial charge in [0.1, 0.15) is 0 Å². The van der Waals surface area contributed by atoms with E-state index in [9.17, 15) is 0 Å². The lowest BCUT2D eigenvalue weighted by Gasteiger charge is -2.19. The molecule has 0 fully saturated rings. The standard InChI is InChI=1S/C63H39N3/c1-3-17-40(18-4-1)60-39-61(41-19-5-2-6-20-41)66-63(65-60)43-33-31-42(32-34-43)59-38-57(55-36-45-22-8-10-24-47(45)49-26-12-14-28-51(49)55)58-37-56(52-29-15-16-30-53(52)62(58)64-59)54-35-44-21-7-9-23-46(44)48-25-11-13-27-50(48)54/h1-39H. The second-order valence-corrected chi connectivity index (χ2v) is 17.1. The van der Waals surface area contributed by atoms with E-state index in [2.05, 4.69) is 224 Å². The minimum Gasteiger partial charge on any atom is -0.247 e. The van der Waals surface area contributed by atoms with E-state index in [0.29, 0.717) is 5.82 Å². The maximum atomic E-state index is 5.63. The van der Waals surface area contributed by atoms with Crippen molar-refractivity contribution in [1.29, 1.82) is 0 Å². The van der Waals surface area contributed by atoms with E-state index in [4.69, 9.17) is 15.0 Å². The Balaban J connectivity index is 1.06. The van der Waals surface area contributed by atoms with Gasteiger partial charge in [-0.15, -0.1) is 0 Å². The van der Waals surface area contributed by atoms with Crippen LogP contribution in [0.1, 0.15) is 0 Å². The van der Waals surface area contributed by atoms with Crippen LogP contribution < -0.4 is 0 Å². The average molecular weight is 838 g/mol. The van der Waals surface area contributed by atoms with E-state index in [1.807, 2.05) is 12.1 Å². The number of nitrogens with zero attached hydrogens (tertiary/aromatic N) is 3. The fourth-order valence-electron chi connectivity index (χ4n) is 10.1. The molecule has 13 aromatic rings. The lowest BCUT2D eigenvalue weighted by atomic mass is 9.86. The van der Waals surface area contributed by atoms with Gasteiger partial charge in [-0.2, -0.15) is 0 Å². The number of benzene rings is 11. The topological polar surface area (TPSA) is 38.7 Å². The first-order valence-corrected chi connectivity index (χ1v) is 22.5. The molecule has 13 rings (SSSR count). The van der Waals surface area contributed by atoms with Crippen LogP contribution in [-0.4, -0.2) is 15.0 Å². The molecule has 11 aromatic carbocycles. The molecule has 0 aliphatic rings. The summed E-state index contributed by atoms with van der Waals surface area (Å²) in [6.07, 6.45) is 0. The summed E-state index contributed by atoms with van der Waals surface area (Å²) in [5.41, 5.74) is 12.4. The van der Waals surface area contributed by atoms with E-state index < -0.39 is 0 Å². The van der Waals surface area contributed by atoms with Crippen molar-refractivity contribution in [2.45, 2.75) is 0 Å². The molecule has 66 heavy (non-hydrogen) atoms. The van der Waals surface area contributed by atoms with Gasteiger partial charge < -0.3 is 0 Å². The van der Waals surface area contributed by atoms with Crippen molar-refractivity contribution in [3.05, 3.63) is 237 Å². The highest BCUT2D eigenvalue weighted by Gasteiger charge is 2.20. The molecular weight excluding hydrogens is 799 g/mol. The van der Waals surface area contributed by atoms with Gasteiger partial charge >= 0.3 is 0 Å². The maximum absolute atomic E-state index is 5.63. The number of rotatable bonds is 6. The Morgan fingerprint density at radius 3 is 1.11 bits per heavy atom. The Kier molecular flexibility index (Phi) is 8.85. The molecule has 0 amide bonds. The average Bonchev–Trinajstić information content (AvgIpc) is 3.40. The first-order chi connectivity index (χ1) is 32.7. The highest BCUT2D eigenvalue weighted by molar-refractivity contribution is 6.23. The molecule has 0 atom stereocenters. The van der Waals surface area contributed by atoms with Crippen LogP contribution in [0, 0.1) is 0 Å². The number of fused-ring (bicyclic) bond motifs is 9. The zero-order valence-electron chi connectivity index (χ0n) is 35.9. The summed E-state index contributed by atoms with van der Waals surface area (Å²) in [6.45, 7) is 0. The van der Waals surface area contributed by atoms with Crippen LogP contribution in [0.3, 0.4) is 0 Å². The van der Waals surface area contributed by atoms with Crippen molar-refractivity contribution in [2.24, 2.45) is 0 Å². The summed E-state index contributed by atoms with van der Waals surface area (Å²) in [7, 11) is 0. The number of hydrogen-bond acceptors (Lipinski definition) is 3. The molecule has 0 aliphatic carbocycles. The largest absolute Gasteiger partial charge is 0.247 e. The van der Waals surface area contributed by atoms with Gasteiger partial charge in [0.05, 0.1) is 22.6 Å². The van der Waals surface area contributed by atoms with E-state index in [-0.39, 0.29) is 0 Å². The molecule has 0 saturated carbocycles. The molecule has 0 N–H and O–H groups in total. The van der Waals surface area contributed by atoms with Crippen LogP contribution >= 0.6 is 0 Å². The van der Waals surface area contributed by atoms with Crippen LogP contribution in [0.25, 0.3) is 132 Å². The Morgan fingerprint density at radius 2 is 0.576 bits per heavy atom. The number of hydrogen-bond donors (Lipinski definition) is 0. The maximum Gasteiger partial charge on any atom is 0.160 e. The zero-order chi connectivity index (χ0) is 43.6. The summed E-state index contributed by atoms with van der Waals surface area (Å²) in [4.78, 5) is 15.9. The normalized spacial score (nSPS) is 11.6. The molecular formula is C63H39N3. The number of pyridine rings is 1. The Bertz CT molecular complexity index is 3970. The van der Waals surface area contributed by atoms with Gasteiger partial charge in [0.2, 0.25) is 0 Å². The Hall–Kier alpha value is -8.79. The smallest absolute Gasteiger partial charge is 0.160 e. The molecule has 0 bridgehead atoms. The highest BCUT2D eigenvalue weighted by Crippen LogP contribution is 2.45. The van der Waals surface area contributed by atoms with Gasteiger partial charge in [0.25, 0.3) is 0 Å². The van der Waals surface area contributed by atoms with E-state index in [0.717, 1.165) is 61.2 Å². The summed E-state index contributed by atoms with van der Waals surface area (Å²) in [5, 5.41) is 13.3. The third-order valence-corrected chi connectivity index (χ3v) is 13.2. The molecule has 2 heterocycles. The molecule has 306 valence electrons. The van der Waals surface area contributed by atoms with Crippen molar-refractivity contribution in [1.82, 2.24) is 15.0 Å². The van der Waals surface area contributed by atoms with Gasteiger partial charge in [-0.1, -0.05) is 206 Å². The molecule has 0 aliphatic heterocycles. The van der Waals surface area contributed by atoms with Gasteiger partial charge in [-0.25, -0.2) is 15.0 Å². The van der Waals surface area contributed by atoms with Crippen molar-refractivity contribution in [3.63, 3.8) is 0 Å². The quantitative estimate of drug-likeness (QED) is 0.157. The van der Waals surface area contributed by atoms with Gasteiger partial charge in [-0.05, 0) is 101 Å². The van der Waals surface area contributed by atoms with E-state index >= 15 is 0 Å². The van der Waals surface area contributed by atoms with Crippen molar-refractivity contribution in [2.75, 3.05) is 0 Å². The monoisotopic (exact) mass is 837 g/mol. The predicted octanol–water partition coefficient (Wildman–Crippen LogP) is 16.8. The Labute approximate surface area is 382 Å². The lowest BCUT2D eigenvalue weighted by molar-refractivity contribution is 1.18. The van der Waals surface area contributed by atoms with Gasteiger partial charge in [0.15, 0.2) is 5.82 Å². The lowest BCUT2D eigenvalue weighted by Crippen LogP contribution is -1.96.